The molecule has 0 spiro atoms. The zero-order chi connectivity index (χ0) is 15.5. The molecule has 0 heterocycles. The molecule has 4 rings (SSSR count). The predicted molar refractivity (Wildman–Crippen MR) is 93.8 cm³/mol. The topological polar surface area (TPSA) is 9.23 Å². The van der Waals surface area contributed by atoms with Crippen LogP contribution in [0.4, 0.5) is 0 Å². The normalized spacial score (nSPS) is 19.3. The van der Waals surface area contributed by atoms with Crippen LogP contribution in [0.3, 0.4) is 0 Å². The molecule has 0 bridgehead atoms. The second kappa shape index (κ2) is 6.29. The molecule has 3 aromatic carbocycles. The SMILES string of the molecule is c1ccc(COc2ccccc2[C@H]2C[C@@H]2c2ccccc2)cc1. The van der Waals surface area contributed by atoms with Crippen molar-refractivity contribution in [3.8, 4) is 5.75 Å². The van der Waals surface area contributed by atoms with Gasteiger partial charge in [-0.05, 0) is 41.0 Å². The largest absolute Gasteiger partial charge is 0.489 e. The lowest BCUT2D eigenvalue weighted by atomic mass is 10.0. The van der Waals surface area contributed by atoms with E-state index >= 15 is 0 Å². The first-order valence-corrected chi connectivity index (χ1v) is 8.22. The maximum atomic E-state index is 6.11. The van der Waals surface area contributed by atoms with Gasteiger partial charge in [-0.3, -0.25) is 0 Å². The second-order valence-corrected chi connectivity index (χ2v) is 6.17. The van der Waals surface area contributed by atoms with Crippen molar-refractivity contribution in [1.29, 1.82) is 0 Å². The smallest absolute Gasteiger partial charge is 0.123 e. The van der Waals surface area contributed by atoms with Crippen LogP contribution >= 0.6 is 0 Å². The van der Waals surface area contributed by atoms with E-state index in [4.69, 9.17) is 4.74 Å². The second-order valence-electron chi connectivity index (χ2n) is 6.17. The summed E-state index contributed by atoms with van der Waals surface area (Å²) < 4.78 is 6.11. The fourth-order valence-electron chi connectivity index (χ4n) is 3.26. The molecule has 0 aromatic heterocycles. The molecular formula is C22H20O. The predicted octanol–water partition coefficient (Wildman–Crippen LogP) is 5.54. The molecule has 23 heavy (non-hydrogen) atoms. The van der Waals surface area contributed by atoms with Gasteiger partial charge < -0.3 is 4.74 Å². The van der Waals surface area contributed by atoms with Crippen molar-refractivity contribution in [2.24, 2.45) is 0 Å². The first-order valence-electron chi connectivity index (χ1n) is 8.22. The molecule has 2 atom stereocenters. The Labute approximate surface area is 137 Å². The third-order valence-corrected chi connectivity index (χ3v) is 4.57. The Morgan fingerprint density at radius 1 is 0.696 bits per heavy atom. The van der Waals surface area contributed by atoms with Crippen LogP contribution in [0.15, 0.2) is 84.9 Å². The number of hydrogen-bond donors (Lipinski definition) is 0. The van der Waals surface area contributed by atoms with Crippen molar-refractivity contribution in [3.63, 3.8) is 0 Å². The Morgan fingerprint density at radius 3 is 2.13 bits per heavy atom. The van der Waals surface area contributed by atoms with Crippen molar-refractivity contribution in [2.75, 3.05) is 0 Å². The maximum Gasteiger partial charge on any atom is 0.123 e. The Balaban J connectivity index is 1.50. The molecule has 3 aromatic rings. The minimum Gasteiger partial charge on any atom is -0.489 e. The highest BCUT2D eigenvalue weighted by Crippen LogP contribution is 2.56. The van der Waals surface area contributed by atoms with Gasteiger partial charge in [0.05, 0.1) is 0 Å². The number of hydrogen-bond acceptors (Lipinski definition) is 1. The Bertz CT molecular complexity index is 764. The van der Waals surface area contributed by atoms with E-state index < -0.39 is 0 Å². The van der Waals surface area contributed by atoms with Gasteiger partial charge in [-0.2, -0.15) is 0 Å². The minimum absolute atomic E-state index is 0.587. The van der Waals surface area contributed by atoms with E-state index in [1.165, 1.54) is 23.1 Å². The summed E-state index contributed by atoms with van der Waals surface area (Å²) in [6, 6.07) is 29.6. The molecule has 1 heteroatoms. The summed E-state index contributed by atoms with van der Waals surface area (Å²) in [7, 11) is 0. The zero-order valence-corrected chi connectivity index (χ0v) is 13.1. The zero-order valence-electron chi connectivity index (χ0n) is 13.1. The minimum atomic E-state index is 0.587. The Kier molecular flexibility index (Phi) is 3.85. The van der Waals surface area contributed by atoms with Gasteiger partial charge in [-0.15, -0.1) is 0 Å². The van der Waals surface area contributed by atoms with Gasteiger partial charge >= 0.3 is 0 Å². The monoisotopic (exact) mass is 300 g/mol. The number of para-hydroxylation sites is 1. The van der Waals surface area contributed by atoms with Gasteiger partial charge in [-0.1, -0.05) is 78.9 Å². The fourth-order valence-corrected chi connectivity index (χ4v) is 3.26. The van der Waals surface area contributed by atoms with Crippen LogP contribution in [0.5, 0.6) is 5.75 Å². The molecule has 1 nitrogen and oxygen atoms in total. The number of benzene rings is 3. The summed E-state index contributed by atoms with van der Waals surface area (Å²) in [5.41, 5.74) is 3.99. The molecular weight excluding hydrogens is 280 g/mol. The molecule has 1 aliphatic rings. The fraction of sp³-hybridized carbons (Fsp3) is 0.182. The molecule has 0 unspecified atom stereocenters. The van der Waals surface area contributed by atoms with E-state index in [0.29, 0.717) is 18.4 Å². The number of ether oxygens (including phenoxy) is 1. The van der Waals surface area contributed by atoms with Crippen molar-refractivity contribution in [1.82, 2.24) is 0 Å². The molecule has 0 N–H and O–H groups in total. The van der Waals surface area contributed by atoms with Crippen LogP contribution in [-0.4, -0.2) is 0 Å². The van der Waals surface area contributed by atoms with Crippen molar-refractivity contribution < 1.29 is 4.74 Å². The van der Waals surface area contributed by atoms with E-state index in [1.54, 1.807) is 0 Å². The summed E-state index contributed by atoms with van der Waals surface area (Å²) in [6.45, 7) is 0.626. The van der Waals surface area contributed by atoms with Crippen LogP contribution < -0.4 is 4.74 Å². The third kappa shape index (κ3) is 3.14. The van der Waals surface area contributed by atoms with Crippen LogP contribution in [0.2, 0.25) is 0 Å². The summed E-state index contributed by atoms with van der Waals surface area (Å²) in [4.78, 5) is 0. The highest BCUT2D eigenvalue weighted by Gasteiger charge is 2.40. The lowest BCUT2D eigenvalue weighted by Crippen LogP contribution is -1.98. The van der Waals surface area contributed by atoms with Gasteiger partial charge in [0.2, 0.25) is 0 Å². The first kappa shape index (κ1) is 14.1. The lowest BCUT2D eigenvalue weighted by Gasteiger charge is -2.11. The maximum absolute atomic E-state index is 6.11. The summed E-state index contributed by atoms with van der Waals surface area (Å²) in [5, 5.41) is 0. The van der Waals surface area contributed by atoms with E-state index in [2.05, 4.69) is 78.9 Å². The van der Waals surface area contributed by atoms with Crippen LogP contribution in [-0.2, 0) is 6.61 Å². The molecule has 0 radical (unpaired) electrons. The average Bonchev–Trinajstić information content (AvgIpc) is 3.42. The Morgan fingerprint density at radius 2 is 1.35 bits per heavy atom. The van der Waals surface area contributed by atoms with Crippen molar-refractivity contribution in [2.45, 2.75) is 24.9 Å². The first-order chi connectivity index (χ1) is 11.4. The van der Waals surface area contributed by atoms with Gasteiger partial charge in [0.1, 0.15) is 12.4 Å². The van der Waals surface area contributed by atoms with Gasteiger partial charge in [0.15, 0.2) is 0 Å². The molecule has 114 valence electrons. The highest BCUT2D eigenvalue weighted by atomic mass is 16.5. The van der Waals surface area contributed by atoms with Crippen LogP contribution in [0, 0.1) is 0 Å². The van der Waals surface area contributed by atoms with E-state index in [0.717, 1.165) is 5.75 Å². The van der Waals surface area contributed by atoms with E-state index in [9.17, 15) is 0 Å². The molecule has 0 amide bonds. The third-order valence-electron chi connectivity index (χ3n) is 4.57. The Hall–Kier alpha value is -2.54. The lowest BCUT2D eigenvalue weighted by molar-refractivity contribution is 0.303. The van der Waals surface area contributed by atoms with Crippen LogP contribution in [0.25, 0.3) is 0 Å². The molecule has 0 aliphatic heterocycles. The highest BCUT2D eigenvalue weighted by molar-refractivity contribution is 5.44. The van der Waals surface area contributed by atoms with E-state index in [-0.39, 0.29) is 0 Å². The van der Waals surface area contributed by atoms with E-state index in [1.807, 2.05) is 6.07 Å². The summed E-state index contributed by atoms with van der Waals surface area (Å²) in [5.74, 6) is 2.25. The quantitative estimate of drug-likeness (QED) is 0.601. The summed E-state index contributed by atoms with van der Waals surface area (Å²) in [6.07, 6.45) is 1.22. The average molecular weight is 300 g/mol. The van der Waals surface area contributed by atoms with Gasteiger partial charge in [-0.25, -0.2) is 0 Å². The van der Waals surface area contributed by atoms with Crippen molar-refractivity contribution in [3.05, 3.63) is 102 Å². The summed E-state index contributed by atoms with van der Waals surface area (Å²) >= 11 is 0. The van der Waals surface area contributed by atoms with Gasteiger partial charge in [0, 0.05) is 0 Å². The molecule has 1 fully saturated rings. The molecule has 0 saturated heterocycles. The van der Waals surface area contributed by atoms with Crippen LogP contribution in [0.1, 0.15) is 34.9 Å². The molecule has 1 aliphatic carbocycles. The number of rotatable bonds is 5. The van der Waals surface area contributed by atoms with Gasteiger partial charge in [0.25, 0.3) is 0 Å². The standard InChI is InChI=1S/C22H20O/c1-3-9-17(10-4-1)16-23-22-14-8-7-13-19(22)21-15-20(21)18-11-5-2-6-12-18/h1-14,20-21H,15-16H2/t20-,21-/m1/s1. The van der Waals surface area contributed by atoms with Crippen molar-refractivity contribution >= 4 is 0 Å². The molecule has 1 saturated carbocycles.